The first-order valence-corrected chi connectivity index (χ1v) is 7.31. The van der Waals surface area contributed by atoms with Gasteiger partial charge in [0.1, 0.15) is 0 Å². The summed E-state index contributed by atoms with van der Waals surface area (Å²) in [6.07, 6.45) is 0. The van der Waals surface area contributed by atoms with Crippen molar-refractivity contribution >= 4 is 40.1 Å². The summed E-state index contributed by atoms with van der Waals surface area (Å²) in [4.78, 5) is 12.0. The third kappa shape index (κ3) is 3.70. The molecule has 0 saturated heterocycles. The predicted octanol–water partition coefficient (Wildman–Crippen LogP) is 4.18. The normalized spacial score (nSPS) is 10.3. The third-order valence-corrected chi connectivity index (χ3v) is 4.36. The summed E-state index contributed by atoms with van der Waals surface area (Å²) in [6, 6.07) is 13.2. The van der Waals surface area contributed by atoms with Crippen molar-refractivity contribution in [3.8, 4) is 0 Å². The molecule has 0 heterocycles. The van der Waals surface area contributed by atoms with E-state index in [0.717, 1.165) is 9.13 Å². The second-order valence-electron chi connectivity index (χ2n) is 4.24. The van der Waals surface area contributed by atoms with Crippen LogP contribution in [0, 0.1) is 10.5 Å². The van der Waals surface area contributed by atoms with Gasteiger partial charge in [-0.15, -0.1) is 0 Å². The van der Waals surface area contributed by atoms with Crippen LogP contribution in [0.3, 0.4) is 0 Å². The average molecular weight is 386 g/mol. The molecule has 0 radical (unpaired) electrons. The summed E-state index contributed by atoms with van der Waals surface area (Å²) < 4.78 is 1.09. The molecule has 4 heteroatoms. The Morgan fingerprint density at radius 3 is 2.68 bits per heavy atom. The first-order valence-electron chi connectivity index (χ1n) is 5.85. The minimum Gasteiger partial charge on any atom is -0.348 e. The molecule has 2 aromatic rings. The Labute approximate surface area is 131 Å². The molecule has 0 fully saturated rings. The summed E-state index contributed by atoms with van der Waals surface area (Å²) in [5.74, 6) is -0.0853. The van der Waals surface area contributed by atoms with E-state index in [1.54, 1.807) is 0 Å². The van der Waals surface area contributed by atoms with Crippen LogP contribution in [-0.4, -0.2) is 5.91 Å². The molecular weight excluding hydrogens is 373 g/mol. The van der Waals surface area contributed by atoms with Crippen molar-refractivity contribution in [1.29, 1.82) is 0 Å². The Morgan fingerprint density at radius 2 is 2.00 bits per heavy atom. The van der Waals surface area contributed by atoms with E-state index in [0.29, 0.717) is 17.1 Å². The zero-order valence-electron chi connectivity index (χ0n) is 10.4. The minimum absolute atomic E-state index is 0.0853. The number of hydrogen-bond donors (Lipinski definition) is 1. The lowest BCUT2D eigenvalue weighted by Gasteiger charge is -2.08. The molecule has 0 spiro atoms. The van der Waals surface area contributed by atoms with Gasteiger partial charge in [0, 0.05) is 20.7 Å². The summed E-state index contributed by atoms with van der Waals surface area (Å²) in [7, 11) is 0. The number of carbonyl (C=O) groups excluding carboxylic acids is 1. The number of nitrogens with one attached hydrogen (secondary N) is 1. The molecule has 0 bridgehead atoms. The van der Waals surface area contributed by atoms with Crippen molar-refractivity contribution < 1.29 is 4.79 Å². The second-order valence-corrected chi connectivity index (χ2v) is 5.81. The van der Waals surface area contributed by atoms with Crippen LogP contribution in [0.4, 0.5) is 0 Å². The number of aryl methyl sites for hydroxylation is 1. The lowest BCUT2D eigenvalue weighted by atomic mass is 10.1. The highest BCUT2D eigenvalue weighted by Gasteiger charge is 2.07. The Kier molecular flexibility index (Phi) is 4.82. The van der Waals surface area contributed by atoms with Crippen LogP contribution in [0.1, 0.15) is 21.5 Å². The first kappa shape index (κ1) is 14.3. The van der Waals surface area contributed by atoms with Crippen LogP contribution < -0.4 is 5.32 Å². The number of rotatable bonds is 3. The van der Waals surface area contributed by atoms with Crippen LogP contribution in [-0.2, 0) is 6.54 Å². The molecular formula is C15H13ClINO. The minimum atomic E-state index is -0.0853. The molecule has 2 rings (SSSR count). The van der Waals surface area contributed by atoms with Crippen LogP contribution in [0.15, 0.2) is 42.5 Å². The number of halogens is 2. The molecule has 2 aromatic carbocycles. The summed E-state index contributed by atoms with van der Waals surface area (Å²) in [5, 5.41) is 3.54. The molecule has 2 nitrogen and oxygen atoms in total. The van der Waals surface area contributed by atoms with Crippen molar-refractivity contribution in [2.75, 3.05) is 0 Å². The van der Waals surface area contributed by atoms with E-state index in [9.17, 15) is 4.79 Å². The summed E-state index contributed by atoms with van der Waals surface area (Å²) in [5.41, 5.74) is 2.75. The summed E-state index contributed by atoms with van der Waals surface area (Å²) >= 11 is 8.27. The van der Waals surface area contributed by atoms with Crippen molar-refractivity contribution in [3.63, 3.8) is 0 Å². The maximum absolute atomic E-state index is 12.0. The van der Waals surface area contributed by atoms with E-state index in [4.69, 9.17) is 11.6 Å². The fourth-order valence-corrected chi connectivity index (χ4v) is 2.37. The van der Waals surface area contributed by atoms with Gasteiger partial charge < -0.3 is 5.32 Å². The number of carbonyl (C=O) groups is 1. The van der Waals surface area contributed by atoms with Crippen LogP contribution in [0.25, 0.3) is 0 Å². The van der Waals surface area contributed by atoms with Crippen LogP contribution in [0.5, 0.6) is 0 Å². The molecule has 0 aliphatic heterocycles. The Balaban J connectivity index is 2.05. The van der Waals surface area contributed by atoms with Crippen molar-refractivity contribution in [2.45, 2.75) is 13.5 Å². The third-order valence-electron chi connectivity index (χ3n) is 2.83. The maximum atomic E-state index is 12.0. The van der Waals surface area contributed by atoms with E-state index in [-0.39, 0.29) is 5.91 Å². The molecule has 98 valence electrons. The van der Waals surface area contributed by atoms with Gasteiger partial charge in [0.25, 0.3) is 5.91 Å². The van der Waals surface area contributed by atoms with Gasteiger partial charge in [0.2, 0.25) is 0 Å². The highest BCUT2D eigenvalue weighted by molar-refractivity contribution is 14.1. The first-order chi connectivity index (χ1) is 9.08. The molecule has 0 saturated carbocycles. The largest absolute Gasteiger partial charge is 0.348 e. The van der Waals surface area contributed by atoms with Gasteiger partial charge in [-0.05, 0) is 58.8 Å². The molecule has 0 atom stereocenters. The van der Waals surface area contributed by atoms with E-state index in [1.165, 1.54) is 5.56 Å². The zero-order valence-corrected chi connectivity index (χ0v) is 13.3. The number of amides is 1. The average Bonchev–Trinajstić information content (AvgIpc) is 2.40. The molecule has 1 amide bonds. The van der Waals surface area contributed by atoms with Gasteiger partial charge in [-0.25, -0.2) is 0 Å². The highest BCUT2D eigenvalue weighted by Crippen LogP contribution is 2.16. The fraction of sp³-hybridized carbons (Fsp3) is 0.133. The lowest BCUT2D eigenvalue weighted by molar-refractivity contribution is 0.0951. The Morgan fingerprint density at radius 1 is 1.26 bits per heavy atom. The summed E-state index contributed by atoms with van der Waals surface area (Å²) in [6.45, 7) is 2.45. The predicted molar refractivity (Wildman–Crippen MR) is 86.5 cm³/mol. The number of benzene rings is 2. The molecule has 1 N–H and O–H groups in total. The van der Waals surface area contributed by atoms with Crippen LogP contribution in [0.2, 0.25) is 5.02 Å². The van der Waals surface area contributed by atoms with E-state index < -0.39 is 0 Å². The topological polar surface area (TPSA) is 29.1 Å². The fourth-order valence-electron chi connectivity index (χ4n) is 1.65. The van der Waals surface area contributed by atoms with Gasteiger partial charge in [0.05, 0.1) is 0 Å². The van der Waals surface area contributed by atoms with Crippen molar-refractivity contribution in [2.24, 2.45) is 0 Å². The molecule has 0 aliphatic rings. The molecule has 0 aliphatic carbocycles. The van der Waals surface area contributed by atoms with Gasteiger partial charge in [0.15, 0.2) is 0 Å². The van der Waals surface area contributed by atoms with E-state index in [1.807, 2.05) is 49.4 Å². The lowest BCUT2D eigenvalue weighted by Crippen LogP contribution is -2.23. The number of hydrogen-bond acceptors (Lipinski definition) is 1. The second kappa shape index (κ2) is 6.39. The van der Waals surface area contributed by atoms with Crippen LogP contribution >= 0.6 is 34.2 Å². The van der Waals surface area contributed by atoms with Gasteiger partial charge >= 0.3 is 0 Å². The van der Waals surface area contributed by atoms with Gasteiger partial charge in [-0.2, -0.15) is 0 Å². The van der Waals surface area contributed by atoms with E-state index >= 15 is 0 Å². The van der Waals surface area contributed by atoms with E-state index in [2.05, 4.69) is 27.9 Å². The standard InChI is InChI=1S/C15H13ClINO/c1-10-6-7-11(8-14(10)17)15(19)18-9-12-4-2-3-5-13(12)16/h2-8H,9H2,1H3,(H,18,19). The smallest absolute Gasteiger partial charge is 0.251 e. The Hall–Kier alpha value is -1.07. The monoisotopic (exact) mass is 385 g/mol. The van der Waals surface area contributed by atoms with Crippen molar-refractivity contribution in [1.82, 2.24) is 5.32 Å². The highest BCUT2D eigenvalue weighted by atomic mass is 127. The van der Waals surface area contributed by atoms with Gasteiger partial charge in [-0.3, -0.25) is 4.79 Å². The molecule has 0 unspecified atom stereocenters. The van der Waals surface area contributed by atoms with Crippen molar-refractivity contribution in [3.05, 3.63) is 67.7 Å². The Bertz CT molecular complexity index is 613. The molecule has 19 heavy (non-hydrogen) atoms. The zero-order chi connectivity index (χ0) is 13.8. The van der Waals surface area contributed by atoms with Gasteiger partial charge in [-0.1, -0.05) is 35.9 Å². The quantitative estimate of drug-likeness (QED) is 0.789. The SMILES string of the molecule is Cc1ccc(C(=O)NCc2ccccc2Cl)cc1I. The molecule has 0 aromatic heterocycles. The maximum Gasteiger partial charge on any atom is 0.251 e.